The van der Waals surface area contributed by atoms with Crippen molar-refractivity contribution >= 4 is 23.6 Å². The van der Waals surface area contributed by atoms with Crippen LogP contribution in [0, 0.1) is 0 Å². The lowest BCUT2D eigenvalue weighted by Gasteiger charge is -2.12. The smallest absolute Gasteiger partial charge is 0.337 e. The van der Waals surface area contributed by atoms with Gasteiger partial charge in [-0.3, -0.25) is 9.78 Å². The molecule has 0 radical (unpaired) electrons. The lowest BCUT2D eigenvalue weighted by atomic mass is 10.2. The monoisotopic (exact) mass is 268 g/mol. The van der Waals surface area contributed by atoms with Gasteiger partial charge in [0.15, 0.2) is 0 Å². The normalized spacial score (nSPS) is 11.9. The molecule has 98 valence electrons. The van der Waals surface area contributed by atoms with E-state index in [0.29, 0.717) is 0 Å². The number of pyridine rings is 1. The third kappa shape index (κ3) is 4.37. The number of hydrogen-bond donors (Lipinski definition) is 2. The van der Waals surface area contributed by atoms with Crippen molar-refractivity contribution in [1.29, 1.82) is 0 Å². The van der Waals surface area contributed by atoms with Gasteiger partial charge in [0.25, 0.3) is 5.91 Å². The maximum absolute atomic E-state index is 11.8. The van der Waals surface area contributed by atoms with Crippen molar-refractivity contribution in [2.24, 2.45) is 0 Å². The molecule has 0 aliphatic rings. The molecule has 0 aliphatic heterocycles. The summed E-state index contributed by atoms with van der Waals surface area (Å²) in [6.07, 6.45) is 4.09. The SMILES string of the molecule is CSCCC(C)NC(=O)c1ccc(C(=O)O)cn1. The van der Waals surface area contributed by atoms with Gasteiger partial charge in [-0.2, -0.15) is 11.8 Å². The Morgan fingerprint density at radius 2 is 2.22 bits per heavy atom. The van der Waals surface area contributed by atoms with Gasteiger partial charge in [0.2, 0.25) is 0 Å². The van der Waals surface area contributed by atoms with E-state index in [1.54, 1.807) is 11.8 Å². The first kappa shape index (κ1) is 14.5. The zero-order valence-electron chi connectivity index (χ0n) is 10.3. The molecule has 0 spiro atoms. The van der Waals surface area contributed by atoms with E-state index in [9.17, 15) is 9.59 Å². The Kier molecular flexibility index (Phi) is 5.64. The van der Waals surface area contributed by atoms with Crippen molar-refractivity contribution in [2.45, 2.75) is 19.4 Å². The van der Waals surface area contributed by atoms with Crippen molar-refractivity contribution in [2.75, 3.05) is 12.0 Å². The number of carbonyl (C=O) groups excluding carboxylic acids is 1. The van der Waals surface area contributed by atoms with E-state index in [-0.39, 0.29) is 23.2 Å². The number of hydrogen-bond acceptors (Lipinski definition) is 4. The highest BCUT2D eigenvalue weighted by molar-refractivity contribution is 7.98. The van der Waals surface area contributed by atoms with E-state index < -0.39 is 5.97 Å². The fraction of sp³-hybridized carbons (Fsp3) is 0.417. The molecule has 1 aromatic heterocycles. The highest BCUT2D eigenvalue weighted by Crippen LogP contribution is 2.03. The number of aromatic carboxylic acids is 1. The largest absolute Gasteiger partial charge is 0.478 e. The summed E-state index contributed by atoms with van der Waals surface area (Å²) in [6.45, 7) is 1.93. The number of thioether (sulfide) groups is 1. The van der Waals surface area contributed by atoms with Crippen LogP contribution in [0.3, 0.4) is 0 Å². The van der Waals surface area contributed by atoms with Gasteiger partial charge >= 0.3 is 5.97 Å². The fourth-order valence-corrected chi connectivity index (χ4v) is 1.91. The molecule has 2 N–H and O–H groups in total. The molecule has 1 amide bonds. The molecular weight excluding hydrogens is 252 g/mol. The second-order valence-corrected chi connectivity index (χ2v) is 4.88. The fourth-order valence-electron chi connectivity index (χ4n) is 1.32. The van der Waals surface area contributed by atoms with Gasteiger partial charge in [-0.1, -0.05) is 0 Å². The number of carbonyl (C=O) groups is 2. The van der Waals surface area contributed by atoms with Gasteiger partial charge in [0, 0.05) is 12.2 Å². The van der Waals surface area contributed by atoms with Crippen molar-refractivity contribution in [3.63, 3.8) is 0 Å². The van der Waals surface area contributed by atoms with Crippen LogP contribution < -0.4 is 5.32 Å². The Hall–Kier alpha value is -1.56. The molecule has 6 heteroatoms. The quantitative estimate of drug-likeness (QED) is 0.820. The van der Waals surface area contributed by atoms with E-state index in [1.807, 2.05) is 13.2 Å². The van der Waals surface area contributed by atoms with Crippen LogP contribution in [0.25, 0.3) is 0 Å². The predicted molar refractivity (Wildman–Crippen MR) is 71.1 cm³/mol. The van der Waals surface area contributed by atoms with E-state index in [0.717, 1.165) is 12.2 Å². The first-order valence-corrected chi connectivity index (χ1v) is 6.93. The maximum Gasteiger partial charge on any atom is 0.337 e. The Labute approximate surface area is 110 Å². The van der Waals surface area contributed by atoms with Gasteiger partial charge in [0.1, 0.15) is 5.69 Å². The number of aromatic nitrogens is 1. The molecule has 1 heterocycles. The molecule has 1 unspecified atom stereocenters. The van der Waals surface area contributed by atoms with E-state index in [1.165, 1.54) is 18.3 Å². The lowest BCUT2D eigenvalue weighted by Crippen LogP contribution is -2.33. The average Bonchev–Trinajstić information content (AvgIpc) is 2.36. The van der Waals surface area contributed by atoms with Gasteiger partial charge in [-0.25, -0.2) is 4.79 Å². The first-order valence-electron chi connectivity index (χ1n) is 5.53. The molecule has 0 saturated carbocycles. The van der Waals surface area contributed by atoms with Gasteiger partial charge in [-0.05, 0) is 37.5 Å². The van der Waals surface area contributed by atoms with Crippen LogP contribution in [0.4, 0.5) is 0 Å². The van der Waals surface area contributed by atoms with E-state index >= 15 is 0 Å². The molecule has 0 saturated heterocycles. The number of amides is 1. The van der Waals surface area contributed by atoms with Crippen LogP contribution in [0.5, 0.6) is 0 Å². The summed E-state index contributed by atoms with van der Waals surface area (Å²) in [5, 5.41) is 11.5. The van der Waals surface area contributed by atoms with Crippen LogP contribution in [0.2, 0.25) is 0 Å². The molecule has 1 rings (SSSR count). The molecule has 1 atom stereocenters. The number of nitrogens with one attached hydrogen (secondary N) is 1. The highest BCUT2D eigenvalue weighted by atomic mass is 32.2. The number of nitrogens with zero attached hydrogens (tertiary/aromatic N) is 1. The molecule has 1 aromatic rings. The summed E-state index contributed by atoms with van der Waals surface area (Å²) >= 11 is 1.73. The maximum atomic E-state index is 11.8. The number of rotatable bonds is 6. The number of carboxylic acids is 1. The third-order valence-electron chi connectivity index (χ3n) is 2.38. The van der Waals surface area contributed by atoms with Crippen molar-refractivity contribution in [3.05, 3.63) is 29.6 Å². The standard InChI is InChI=1S/C12H16N2O3S/c1-8(5-6-18-2)14-11(15)10-4-3-9(7-13-10)12(16)17/h3-4,7-8H,5-6H2,1-2H3,(H,14,15)(H,16,17). The van der Waals surface area contributed by atoms with Crippen LogP contribution in [0.15, 0.2) is 18.3 Å². The summed E-state index contributed by atoms with van der Waals surface area (Å²) in [4.78, 5) is 26.2. The molecule has 0 bridgehead atoms. The molecule has 0 fully saturated rings. The Bertz CT molecular complexity index is 420. The zero-order chi connectivity index (χ0) is 13.5. The summed E-state index contributed by atoms with van der Waals surface area (Å²) in [7, 11) is 0. The van der Waals surface area contributed by atoms with Gasteiger partial charge < -0.3 is 10.4 Å². The zero-order valence-corrected chi connectivity index (χ0v) is 11.2. The lowest BCUT2D eigenvalue weighted by molar-refractivity contribution is 0.0695. The minimum absolute atomic E-state index is 0.0713. The third-order valence-corrected chi connectivity index (χ3v) is 3.02. The summed E-state index contributed by atoms with van der Waals surface area (Å²) in [5.74, 6) is -0.351. The second kappa shape index (κ2) is 7.00. The molecule has 0 aliphatic carbocycles. The Morgan fingerprint density at radius 1 is 1.50 bits per heavy atom. The predicted octanol–water partition coefficient (Wildman–Crippen LogP) is 1.65. The Balaban J connectivity index is 2.58. The van der Waals surface area contributed by atoms with Gasteiger partial charge in [0.05, 0.1) is 5.56 Å². The van der Waals surface area contributed by atoms with Gasteiger partial charge in [-0.15, -0.1) is 0 Å². The van der Waals surface area contributed by atoms with Crippen molar-refractivity contribution in [3.8, 4) is 0 Å². The van der Waals surface area contributed by atoms with Crippen LogP contribution in [-0.2, 0) is 0 Å². The molecule has 18 heavy (non-hydrogen) atoms. The average molecular weight is 268 g/mol. The van der Waals surface area contributed by atoms with Crippen LogP contribution in [0.1, 0.15) is 34.2 Å². The minimum Gasteiger partial charge on any atom is -0.478 e. The summed E-state index contributed by atoms with van der Waals surface area (Å²) in [6, 6.07) is 2.86. The Morgan fingerprint density at radius 3 is 2.72 bits per heavy atom. The van der Waals surface area contributed by atoms with E-state index in [4.69, 9.17) is 5.11 Å². The van der Waals surface area contributed by atoms with Crippen LogP contribution >= 0.6 is 11.8 Å². The second-order valence-electron chi connectivity index (χ2n) is 3.89. The topological polar surface area (TPSA) is 79.3 Å². The molecule has 0 aromatic carbocycles. The molecular formula is C12H16N2O3S. The van der Waals surface area contributed by atoms with E-state index in [2.05, 4.69) is 10.3 Å². The molecule has 5 nitrogen and oxygen atoms in total. The minimum atomic E-state index is -1.05. The van der Waals surface area contributed by atoms with Crippen LogP contribution in [-0.4, -0.2) is 40.0 Å². The number of carboxylic acid groups (broad SMARTS) is 1. The summed E-state index contributed by atoms with van der Waals surface area (Å²) in [5.41, 5.74) is 0.304. The van der Waals surface area contributed by atoms with Crippen molar-refractivity contribution < 1.29 is 14.7 Å². The highest BCUT2D eigenvalue weighted by Gasteiger charge is 2.11. The first-order chi connectivity index (χ1) is 8.54. The van der Waals surface area contributed by atoms with Crippen molar-refractivity contribution in [1.82, 2.24) is 10.3 Å². The summed E-state index contributed by atoms with van der Waals surface area (Å²) < 4.78 is 0.